The summed E-state index contributed by atoms with van der Waals surface area (Å²) in [6.45, 7) is 5.48. The van der Waals surface area contributed by atoms with E-state index >= 15 is 0 Å². The maximum atomic E-state index is 12.0. The summed E-state index contributed by atoms with van der Waals surface area (Å²) in [5, 5.41) is 2.92. The zero-order valence-electron chi connectivity index (χ0n) is 12.4. The second-order valence-electron chi connectivity index (χ2n) is 6.05. The predicted molar refractivity (Wildman–Crippen MR) is 85.1 cm³/mol. The van der Waals surface area contributed by atoms with Crippen LogP contribution in [0, 0.1) is 0 Å². The minimum absolute atomic E-state index is 0.0774. The van der Waals surface area contributed by atoms with Crippen molar-refractivity contribution in [1.82, 2.24) is 9.80 Å². The van der Waals surface area contributed by atoms with Crippen LogP contribution in [0.4, 0.5) is 11.4 Å². The summed E-state index contributed by atoms with van der Waals surface area (Å²) in [7, 11) is 0. The number of anilines is 2. The average molecular weight is 288 g/mol. The number of amides is 1. The topological polar surface area (TPSA) is 61.6 Å². The van der Waals surface area contributed by atoms with E-state index < -0.39 is 0 Å². The van der Waals surface area contributed by atoms with E-state index in [1.165, 1.54) is 19.4 Å². The summed E-state index contributed by atoms with van der Waals surface area (Å²) in [5.41, 5.74) is 7.16. The summed E-state index contributed by atoms with van der Waals surface area (Å²) in [4.78, 5) is 17.0. The van der Waals surface area contributed by atoms with Gasteiger partial charge in [0.1, 0.15) is 0 Å². The summed E-state index contributed by atoms with van der Waals surface area (Å²) in [5.74, 6) is 0.0774. The number of nitrogen functional groups attached to an aromatic ring is 1. The van der Waals surface area contributed by atoms with Gasteiger partial charge in [0.2, 0.25) is 5.91 Å². The molecule has 5 heteroatoms. The highest BCUT2D eigenvalue weighted by Crippen LogP contribution is 2.21. The molecule has 1 atom stereocenters. The Labute approximate surface area is 126 Å². The molecule has 3 rings (SSSR count). The first-order valence-corrected chi connectivity index (χ1v) is 7.82. The summed E-state index contributed by atoms with van der Waals surface area (Å²) >= 11 is 0. The van der Waals surface area contributed by atoms with Crippen molar-refractivity contribution < 1.29 is 4.79 Å². The van der Waals surface area contributed by atoms with Gasteiger partial charge in [-0.2, -0.15) is 0 Å². The number of carbonyl (C=O) groups is 1. The Bertz CT molecular complexity index is 488. The largest absolute Gasteiger partial charge is 0.399 e. The molecule has 1 unspecified atom stereocenters. The lowest BCUT2D eigenvalue weighted by Gasteiger charge is -2.37. The van der Waals surface area contributed by atoms with Gasteiger partial charge >= 0.3 is 0 Å². The maximum absolute atomic E-state index is 12.0. The van der Waals surface area contributed by atoms with E-state index in [2.05, 4.69) is 15.1 Å². The fourth-order valence-corrected chi connectivity index (χ4v) is 3.31. The normalized spacial score (nSPS) is 23.0. The molecule has 5 nitrogen and oxygen atoms in total. The molecule has 0 radical (unpaired) electrons. The van der Waals surface area contributed by atoms with Crippen molar-refractivity contribution in [3.8, 4) is 0 Å². The van der Waals surface area contributed by atoms with Crippen LogP contribution in [0.3, 0.4) is 0 Å². The van der Waals surface area contributed by atoms with Gasteiger partial charge in [-0.3, -0.25) is 14.6 Å². The molecule has 2 aliphatic heterocycles. The Balaban J connectivity index is 1.42. The van der Waals surface area contributed by atoms with Crippen LogP contribution >= 0.6 is 0 Å². The molecule has 1 amide bonds. The van der Waals surface area contributed by atoms with Crippen molar-refractivity contribution >= 4 is 17.3 Å². The number of nitrogens with zero attached hydrogens (tertiary/aromatic N) is 2. The van der Waals surface area contributed by atoms with Crippen molar-refractivity contribution in [3.05, 3.63) is 24.3 Å². The van der Waals surface area contributed by atoms with Gasteiger partial charge in [0.15, 0.2) is 0 Å². The number of piperazine rings is 1. The number of nitrogens with one attached hydrogen (secondary N) is 1. The monoisotopic (exact) mass is 288 g/mol. The summed E-state index contributed by atoms with van der Waals surface area (Å²) in [6.07, 6.45) is 3.20. The Hall–Kier alpha value is -1.59. The van der Waals surface area contributed by atoms with Crippen LogP contribution < -0.4 is 11.1 Å². The number of carbonyl (C=O) groups excluding carboxylic acids is 1. The Morgan fingerprint density at radius 1 is 1.24 bits per heavy atom. The second-order valence-corrected chi connectivity index (χ2v) is 6.05. The quantitative estimate of drug-likeness (QED) is 0.822. The maximum Gasteiger partial charge on any atom is 0.225 e. The summed E-state index contributed by atoms with van der Waals surface area (Å²) < 4.78 is 0. The lowest BCUT2D eigenvalue weighted by Crippen LogP contribution is -2.50. The number of rotatable bonds is 4. The van der Waals surface area contributed by atoms with E-state index in [0.717, 1.165) is 37.9 Å². The van der Waals surface area contributed by atoms with Crippen molar-refractivity contribution in [3.63, 3.8) is 0 Å². The molecule has 21 heavy (non-hydrogen) atoms. The molecule has 0 aliphatic carbocycles. The van der Waals surface area contributed by atoms with Crippen LogP contribution in [-0.4, -0.2) is 54.5 Å². The molecule has 3 N–H and O–H groups in total. The standard InChI is InChI=1S/C16H24N4O/c17-13-3-5-14(6-4-13)18-16(21)7-9-19-10-11-20-8-1-2-15(20)12-19/h3-6,15H,1-2,7-12,17H2,(H,18,21). The second kappa shape index (κ2) is 6.45. The molecule has 0 aromatic heterocycles. The zero-order valence-corrected chi connectivity index (χ0v) is 12.4. The molecule has 2 saturated heterocycles. The Morgan fingerprint density at radius 3 is 2.86 bits per heavy atom. The van der Waals surface area contributed by atoms with Gasteiger partial charge in [0.25, 0.3) is 0 Å². The highest BCUT2D eigenvalue weighted by Gasteiger charge is 2.30. The Kier molecular flexibility index (Phi) is 4.41. The molecule has 2 aliphatic rings. The highest BCUT2D eigenvalue weighted by molar-refractivity contribution is 5.90. The van der Waals surface area contributed by atoms with Crippen LogP contribution in [0.5, 0.6) is 0 Å². The fraction of sp³-hybridized carbons (Fsp3) is 0.562. The van der Waals surface area contributed by atoms with E-state index in [-0.39, 0.29) is 5.91 Å². The number of fused-ring (bicyclic) bond motifs is 1. The van der Waals surface area contributed by atoms with Crippen LogP contribution in [-0.2, 0) is 4.79 Å². The molecule has 1 aromatic carbocycles. The van der Waals surface area contributed by atoms with E-state index in [0.29, 0.717) is 12.1 Å². The van der Waals surface area contributed by atoms with Crippen LogP contribution in [0.15, 0.2) is 24.3 Å². The SMILES string of the molecule is Nc1ccc(NC(=O)CCN2CCN3CCCC3C2)cc1. The first-order chi connectivity index (χ1) is 10.2. The molecular formula is C16H24N4O. The lowest BCUT2D eigenvalue weighted by molar-refractivity contribution is -0.116. The molecule has 0 bridgehead atoms. The van der Waals surface area contributed by atoms with Crippen molar-refractivity contribution in [2.24, 2.45) is 0 Å². The first kappa shape index (κ1) is 14.4. The van der Waals surface area contributed by atoms with Gasteiger partial charge in [0, 0.05) is 50.0 Å². The van der Waals surface area contributed by atoms with Crippen LogP contribution in [0.25, 0.3) is 0 Å². The minimum Gasteiger partial charge on any atom is -0.399 e. The third-order valence-corrected chi connectivity index (χ3v) is 4.52. The molecule has 2 heterocycles. The first-order valence-electron chi connectivity index (χ1n) is 7.82. The van der Waals surface area contributed by atoms with Crippen LogP contribution in [0.1, 0.15) is 19.3 Å². The van der Waals surface area contributed by atoms with Gasteiger partial charge in [0.05, 0.1) is 0 Å². The molecule has 0 spiro atoms. The zero-order chi connectivity index (χ0) is 14.7. The highest BCUT2D eigenvalue weighted by atomic mass is 16.1. The third kappa shape index (κ3) is 3.74. The number of benzene rings is 1. The third-order valence-electron chi connectivity index (χ3n) is 4.52. The average Bonchev–Trinajstić information content (AvgIpc) is 2.95. The molecule has 114 valence electrons. The van der Waals surface area contributed by atoms with E-state index in [4.69, 9.17) is 5.73 Å². The molecule has 1 aromatic rings. The fourth-order valence-electron chi connectivity index (χ4n) is 3.31. The smallest absolute Gasteiger partial charge is 0.225 e. The van der Waals surface area contributed by atoms with Gasteiger partial charge in [-0.05, 0) is 43.7 Å². The van der Waals surface area contributed by atoms with Gasteiger partial charge in [-0.15, -0.1) is 0 Å². The molecule has 0 saturated carbocycles. The molecular weight excluding hydrogens is 264 g/mol. The van der Waals surface area contributed by atoms with Crippen LogP contribution in [0.2, 0.25) is 0 Å². The van der Waals surface area contributed by atoms with Gasteiger partial charge in [-0.25, -0.2) is 0 Å². The minimum atomic E-state index is 0.0774. The van der Waals surface area contributed by atoms with Gasteiger partial charge in [-0.1, -0.05) is 0 Å². The predicted octanol–water partition coefficient (Wildman–Crippen LogP) is 1.38. The molecule has 2 fully saturated rings. The van der Waals surface area contributed by atoms with Gasteiger partial charge < -0.3 is 11.1 Å². The van der Waals surface area contributed by atoms with E-state index in [9.17, 15) is 4.79 Å². The number of hydrogen-bond acceptors (Lipinski definition) is 4. The van der Waals surface area contributed by atoms with Crippen molar-refractivity contribution in [2.75, 3.05) is 43.8 Å². The number of nitrogens with two attached hydrogens (primary N) is 1. The van der Waals surface area contributed by atoms with E-state index in [1.54, 1.807) is 12.1 Å². The lowest BCUT2D eigenvalue weighted by atomic mass is 10.1. The Morgan fingerprint density at radius 2 is 2.05 bits per heavy atom. The van der Waals surface area contributed by atoms with Crippen molar-refractivity contribution in [2.45, 2.75) is 25.3 Å². The van der Waals surface area contributed by atoms with E-state index in [1.807, 2.05) is 12.1 Å². The summed E-state index contributed by atoms with van der Waals surface area (Å²) in [6, 6.07) is 8.00. The van der Waals surface area contributed by atoms with Crippen molar-refractivity contribution in [1.29, 1.82) is 0 Å². The number of hydrogen-bond donors (Lipinski definition) is 2.